The fourth-order valence-electron chi connectivity index (χ4n) is 3.49. The number of methoxy groups -OCH3 is 1. The lowest BCUT2D eigenvalue weighted by atomic mass is 9.94. The summed E-state index contributed by atoms with van der Waals surface area (Å²) in [6, 6.07) is 6.30. The molecule has 0 unspecified atom stereocenters. The number of allylic oxidation sites excluding steroid dienone is 2. The molecule has 1 aliphatic carbocycles. The summed E-state index contributed by atoms with van der Waals surface area (Å²) in [5.41, 5.74) is 0.260. The van der Waals surface area contributed by atoms with Crippen LogP contribution in [0.3, 0.4) is 0 Å². The molecule has 0 heterocycles. The number of hydrogen-bond donors (Lipinski definition) is 0. The maximum atomic E-state index is 13.7. The summed E-state index contributed by atoms with van der Waals surface area (Å²) in [6.07, 6.45) is -2.49. The number of benzene rings is 2. The molecule has 0 spiro atoms. The third-order valence-corrected chi connectivity index (χ3v) is 5.15. The highest BCUT2D eigenvalue weighted by Crippen LogP contribution is 2.37. The van der Waals surface area contributed by atoms with Crippen LogP contribution in [0, 0.1) is 0 Å². The third kappa shape index (κ3) is 4.49. The van der Waals surface area contributed by atoms with E-state index >= 15 is 0 Å². The van der Waals surface area contributed by atoms with Crippen LogP contribution < -0.4 is 0 Å². The Kier molecular flexibility index (Phi) is 6.05. The van der Waals surface area contributed by atoms with Gasteiger partial charge in [0.15, 0.2) is 5.78 Å². The van der Waals surface area contributed by atoms with E-state index in [0.29, 0.717) is 42.0 Å². The summed E-state index contributed by atoms with van der Waals surface area (Å²) in [6.45, 7) is 0. The first-order valence-corrected chi connectivity index (χ1v) is 9.40. The predicted octanol–water partition coefficient (Wildman–Crippen LogP) is 6.10. The van der Waals surface area contributed by atoms with Crippen molar-refractivity contribution in [2.24, 2.45) is 0 Å². The minimum atomic E-state index is -4.79. The number of ether oxygens (including phenoxy) is 1. The molecule has 2 aromatic rings. The van der Waals surface area contributed by atoms with Gasteiger partial charge in [-0.05, 0) is 72.4 Å². The van der Waals surface area contributed by atoms with Crippen molar-refractivity contribution < 1.29 is 27.5 Å². The van der Waals surface area contributed by atoms with Crippen molar-refractivity contribution in [2.45, 2.75) is 25.4 Å². The number of esters is 1. The van der Waals surface area contributed by atoms with Gasteiger partial charge in [-0.15, -0.1) is 0 Å². The molecule has 3 nitrogen and oxygen atoms in total. The fraction of sp³-hybridized carbons (Fsp3) is 0.238. The smallest absolute Gasteiger partial charge is 0.417 e. The number of halogens is 5. The van der Waals surface area contributed by atoms with E-state index in [1.165, 1.54) is 25.3 Å². The van der Waals surface area contributed by atoms with E-state index in [9.17, 15) is 22.8 Å². The Morgan fingerprint density at radius 1 is 1.00 bits per heavy atom. The van der Waals surface area contributed by atoms with E-state index in [-0.39, 0.29) is 21.2 Å². The molecular formula is C21H15Cl2F3O3. The number of carbonyl (C=O) groups excluding carboxylic acids is 2. The summed E-state index contributed by atoms with van der Waals surface area (Å²) in [5.74, 6) is -1.34. The second-order valence-corrected chi connectivity index (χ2v) is 7.41. The van der Waals surface area contributed by atoms with Crippen LogP contribution in [0.2, 0.25) is 10.0 Å². The first-order valence-electron chi connectivity index (χ1n) is 8.64. The Morgan fingerprint density at radius 2 is 1.55 bits per heavy atom. The molecular weight excluding hydrogens is 428 g/mol. The maximum absolute atomic E-state index is 13.7. The zero-order valence-corrected chi connectivity index (χ0v) is 16.7. The normalized spacial score (nSPS) is 13.9. The van der Waals surface area contributed by atoms with Gasteiger partial charge in [-0.3, -0.25) is 4.79 Å². The standard InChI is InChI=1S/C21H15Cl2F3O3/c1-29-20(28)17-6-5-16(14-3-2-4-15(14)17)19(27)10-18(21(24,25)26)11-7-12(22)9-13(23)8-11/h5-10H,2-4H2,1H3/b18-10+. The van der Waals surface area contributed by atoms with Gasteiger partial charge in [-0.25, -0.2) is 4.79 Å². The first-order chi connectivity index (χ1) is 13.6. The zero-order valence-electron chi connectivity index (χ0n) is 15.2. The lowest BCUT2D eigenvalue weighted by molar-refractivity contribution is -0.0689. The Hall–Kier alpha value is -2.31. The summed E-state index contributed by atoms with van der Waals surface area (Å²) in [4.78, 5) is 24.7. The number of alkyl halides is 3. The minimum absolute atomic E-state index is 0.0263. The summed E-state index contributed by atoms with van der Waals surface area (Å²) in [7, 11) is 1.25. The number of hydrogen-bond acceptors (Lipinski definition) is 3. The van der Waals surface area contributed by atoms with Crippen LogP contribution in [0.1, 0.15) is 43.8 Å². The molecule has 0 atom stereocenters. The molecule has 2 aromatic carbocycles. The average molecular weight is 443 g/mol. The van der Waals surface area contributed by atoms with Gasteiger partial charge in [-0.1, -0.05) is 23.2 Å². The Labute approximate surface area is 175 Å². The van der Waals surface area contributed by atoms with Gasteiger partial charge in [0.05, 0.1) is 18.2 Å². The fourth-order valence-corrected chi connectivity index (χ4v) is 4.01. The molecule has 1 aliphatic rings. The lowest BCUT2D eigenvalue weighted by Gasteiger charge is -2.14. The Bertz CT molecular complexity index is 1010. The van der Waals surface area contributed by atoms with E-state index in [0.717, 1.165) is 12.1 Å². The monoisotopic (exact) mass is 442 g/mol. The quantitative estimate of drug-likeness (QED) is 0.326. The highest BCUT2D eigenvalue weighted by Gasteiger charge is 2.36. The van der Waals surface area contributed by atoms with Crippen LogP contribution in [0.25, 0.3) is 5.57 Å². The summed E-state index contributed by atoms with van der Waals surface area (Å²) >= 11 is 11.7. The Balaban J connectivity index is 2.10. The van der Waals surface area contributed by atoms with Gasteiger partial charge in [0.25, 0.3) is 0 Å². The molecule has 0 fully saturated rings. The predicted molar refractivity (Wildman–Crippen MR) is 105 cm³/mol. The molecule has 0 saturated heterocycles. The first kappa shape index (κ1) is 21.4. The van der Waals surface area contributed by atoms with E-state index in [4.69, 9.17) is 27.9 Å². The zero-order chi connectivity index (χ0) is 21.3. The number of fused-ring (bicyclic) bond motifs is 1. The molecule has 0 amide bonds. The highest BCUT2D eigenvalue weighted by atomic mass is 35.5. The summed E-state index contributed by atoms with van der Waals surface area (Å²) < 4.78 is 45.7. The van der Waals surface area contributed by atoms with Crippen molar-refractivity contribution in [1.82, 2.24) is 0 Å². The van der Waals surface area contributed by atoms with Gasteiger partial charge in [0, 0.05) is 15.6 Å². The third-order valence-electron chi connectivity index (χ3n) is 4.71. The van der Waals surface area contributed by atoms with Crippen LogP contribution in [0.5, 0.6) is 0 Å². The molecule has 0 aromatic heterocycles. The van der Waals surface area contributed by atoms with Crippen molar-refractivity contribution >= 4 is 40.5 Å². The van der Waals surface area contributed by atoms with Crippen LogP contribution in [0.15, 0.2) is 36.4 Å². The number of carbonyl (C=O) groups is 2. The molecule has 0 aliphatic heterocycles. The maximum Gasteiger partial charge on any atom is 0.417 e. The van der Waals surface area contributed by atoms with Crippen molar-refractivity contribution in [1.29, 1.82) is 0 Å². The van der Waals surface area contributed by atoms with Crippen molar-refractivity contribution in [3.05, 3.63) is 74.3 Å². The van der Waals surface area contributed by atoms with Crippen LogP contribution in [-0.4, -0.2) is 25.0 Å². The molecule has 0 bridgehead atoms. The van der Waals surface area contributed by atoms with E-state index in [1.807, 2.05) is 0 Å². The van der Waals surface area contributed by atoms with Gasteiger partial charge in [0.2, 0.25) is 0 Å². The average Bonchev–Trinajstić information content (AvgIpc) is 3.12. The Morgan fingerprint density at radius 3 is 2.10 bits per heavy atom. The van der Waals surface area contributed by atoms with Crippen LogP contribution >= 0.6 is 23.2 Å². The second kappa shape index (κ2) is 8.20. The van der Waals surface area contributed by atoms with E-state index in [1.54, 1.807) is 0 Å². The van der Waals surface area contributed by atoms with E-state index < -0.39 is 23.5 Å². The van der Waals surface area contributed by atoms with Gasteiger partial charge in [0.1, 0.15) is 0 Å². The lowest BCUT2D eigenvalue weighted by Crippen LogP contribution is -2.14. The summed E-state index contributed by atoms with van der Waals surface area (Å²) in [5, 5.41) is 0.0526. The molecule has 29 heavy (non-hydrogen) atoms. The highest BCUT2D eigenvalue weighted by molar-refractivity contribution is 6.35. The second-order valence-electron chi connectivity index (χ2n) is 6.54. The molecule has 152 valence electrons. The van der Waals surface area contributed by atoms with Crippen LogP contribution in [-0.2, 0) is 17.6 Å². The van der Waals surface area contributed by atoms with Crippen LogP contribution in [0.4, 0.5) is 13.2 Å². The van der Waals surface area contributed by atoms with Crippen molar-refractivity contribution in [3.63, 3.8) is 0 Å². The molecule has 8 heteroatoms. The van der Waals surface area contributed by atoms with Gasteiger partial charge in [-0.2, -0.15) is 13.2 Å². The molecule has 0 radical (unpaired) electrons. The SMILES string of the molecule is COC(=O)c1ccc(C(=O)/C=C(\c2cc(Cl)cc(Cl)c2)C(F)(F)F)c2c1CCC2. The number of rotatable bonds is 4. The molecule has 0 N–H and O–H groups in total. The molecule has 0 saturated carbocycles. The van der Waals surface area contributed by atoms with Crippen molar-refractivity contribution in [3.8, 4) is 0 Å². The van der Waals surface area contributed by atoms with Gasteiger partial charge >= 0.3 is 12.1 Å². The largest absolute Gasteiger partial charge is 0.465 e. The van der Waals surface area contributed by atoms with E-state index in [2.05, 4.69) is 0 Å². The number of ketones is 1. The minimum Gasteiger partial charge on any atom is -0.465 e. The van der Waals surface area contributed by atoms with Gasteiger partial charge < -0.3 is 4.74 Å². The van der Waals surface area contributed by atoms with Crippen molar-refractivity contribution in [2.75, 3.05) is 7.11 Å². The topological polar surface area (TPSA) is 43.4 Å². The molecule has 3 rings (SSSR count).